The monoisotopic (exact) mass is 501 g/mol. The van der Waals surface area contributed by atoms with Crippen LogP contribution in [0.3, 0.4) is 0 Å². The van der Waals surface area contributed by atoms with Gasteiger partial charge < -0.3 is 19.4 Å². The predicted octanol–water partition coefficient (Wildman–Crippen LogP) is 0.00832. The van der Waals surface area contributed by atoms with Crippen LogP contribution in [0, 0.1) is 6.92 Å². The molecule has 0 amide bonds. The van der Waals surface area contributed by atoms with E-state index in [1.165, 1.54) is 6.07 Å². The molecule has 0 aliphatic carbocycles. The van der Waals surface area contributed by atoms with Crippen LogP contribution in [0.1, 0.15) is 29.2 Å². The fourth-order valence-electron chi connectivity index (χ4n) is 4.35. The van der Waals surface area contributed by atoms with Crippen molar-refractivity contribution in [2.75, 3.05) is 11.1 Å². The Morgan fingerprint density at radius 3 is 2.47 bits per heavy atom. The van der Waals surface area contributed by atoms with Gasteiger partial charge in [0.15, 0.2) is 11.5 Å². The Bertz CT molecular complexity index is 1450. The number of rotatable bonds is 4. The van der Waals surface area contributed by atoms with Crippen LogP contribution in [0.2, 0.25) is 0 Å². The summed E-state index contributed by atoms with van der Waals surface area (Å²) in [5.41, 5.74) is 2.30. The molecule has 0 saturated heterocycles. The van der Waals surface area contributed by atoms with E-state index in [2.05, 4.69) is 0 Å². The minimum atomic E-state index is -4.22. The fourth-order valence-corrected chi connectivity index (χ4v) is 6.12. The van der Waals surface area contributed by atoms with Crippen LogP contribution in [0.5, 0.6) is 11.5 Å². The van der Waals surface area contributed by atoms with Crippen molar-refractivity contribution in [3.63, 3.8) is 0 Å². The van der Waals surface area contributed by atoms with Crippen LogP contribution < -0.4 is 70.3 Å². The number of hydrogen-bond donors (Lipinski definition) is 0. The van der Waals surface area contributed by atoms with Crippen LogP contribution in [0.4, 0.5) is 5.69 Å². The Balaban J connectivity index is 0.00000274. The molecule has 2 heterocycles. The Kier molecular flexibility index (Phi) is 6.96. The van der Waals surface area contributed by atoms with Crippen molar-refractivity contribution in [2.45, 2.75) is 25.2 Å². The SMILES string of the molecule is CCc1cc(C2=C(C(=O)[O-])N(c3ccccc3C)S(=O)(=O)c3ccccc32)cc2c1OCO2.[K+]. The Labute approximate surface area is 240 Å². The molecule has 0 unspecified atom stereocenters. The molecule has 7 nitrogen and oxygen atoms in total. The maximum absolute atomic E-state index is 13.7. The molecule has 168 valence electrons. The summed E-state index contributed by atoms with van der Waals surface area (Å²) in [6.07, 6.45) is 0.620. The molecule has 0 radical (unpaired) electrons. The second-order valence-electron chi connectivity index (χ2n) is 7.79. The Morgan fingerprint density at radius 2 is 1.76 bits per heavy atom. The van der Waals surface area contributed by atoms with E-state index in [0.717, 1.165) is 9.87 Å². The normalized spacial score (nSPS) is 15.5. The van der Waals surface area contributed by atoms with E-state index in [1.807, 2.05) is 13.0 Å². The topological polar surface area (TPSA) is 96.0 Å². The van der Waals surface area contributed by atoms with Gasteiger partial charge in [0, 0.05) is 11.1 Å². The number of sulfonamides is 1. The van der Waals surface area contributed by atoms with E-state index in [-0.39, 0.29) is 74.3 Å². The summed E-state index contributed by atoms with van der Waals surface area (Å²) >= 11 is 0. The van der Waals surface area contributed by atoms with Crippen LogP contribution in [-0.2, 0) is 21.2 Å². The average Bonchev–Trinajstić information content (AvgIpc) is 3.27. The van der Waals surface area contributed by atoms with Gasteiger partial charge in [-0.3, -0.25) is 0 Å². The maximum Gasteiger partial charge on any atom is 1.00 e. The second-order valence-corrected chi connectivity index (χ2v) is 9.54. The molecule has 9 heteroatoms. The fraction of sp³-hybridized carbons (Fsp3) is 0.160. The molecule has 0 aromatic heterocycles. The number of aliphatic carboxylic acids is 1. The zero-order chi connectivity index (χ0) is 23.3. The third-order valence-corrected chi connectivity index (χ3v) is 7.63. The van der Waals surface area contributed by atoms with Gasteiger partial charge in [0.05, 0.1) is 22.2 Å². The summed E-state index contributed by atoms with van der Waals surface area (Å²) in [6.45, 7) is 3.75. The van der Waals surface area contributed by atoms with Crippen LogP contribution in [0.25, 0.3) is 5.57 Å². The second kappa shape index (κ2) is 9.48. The quantitative estimate of drug-likeness (QED) is 0.468. The summed E-state index contributed by atoms with van der Waals surface area (Å²) in [5.74, 6) is -0.491. The van der Waals surface area contributed by atoms with Gasteiger partial charge in [-0.1, -0.05) is 43.3 Å². The standard InChI is InChI=1S/C25H21NO6S.K/c1-3-16-12-17(13-20-24(16)32-14-31-20)22-18-9-5-7-11-21(18)33(29,30)26(23(22)25(27)28)19-10-6-4-8-15(19)2;/h4-13H,3,14H2,1-2H3,(H,27,28);/q;+1/p-1. The first-order valence-electron chi connectivity index (χ1n) is 10.4. The van der Waals surface area contributed by atoms with Gasteiger partial charge in [0.1, 0.15) is 0 Å². The molecule has 34 heavy (non-hydrogen) atoms. The van der Waals surface area contributed by atoms with Crippen molar-refractivity contribution in [3.05, 3.63) is 88.6 Å². The Hall–Kier alpha value is -2.14. The number of para-hydroxylation sites is 1. The molecule has 0 saturated carbocycles. The molecule has 0 N–H and O–H groups in total. The number of carboxylic acids is 1. The average molecular weight is 502 g/mol. The molecule has 5 rings (SSSR count). The first-order valence-corrected chi connectivity index (χ1v) is 11.9. The number of aryl methyl sites for hydroxylation is 2. The van der Waals surface area contributed by atoms with Crippen molar-refractivity contribution in [1.82, 2.24) is 0 Å². The molecule has 0 bridgehead atoms. The molecule has 2 aliphatic heterocycles. The molecule has 2 aliphatic rings. The van der Waals surface area contributed by atoms with E-state index in [1.54, 1.807) is 55.5 Å². The van der Waals surface area contributed by atoms with E-state index < -0.39 is 21.7 Å². The summed E-state index contributed by atoms with van der Waals surface area (Å²) < 4.78 is 39.5. The molecule has 0 fully saturated rings. The van der Waals surface area contributed by atoms with Gasteiger partial charge in [0.2, 0.25) is 6.79 Å². The first-order chi connectivity index (χ1) is 15.8. The number of benzene rings is 3. The van der Waals surface area contributed by atoms with E-state index in [9.17, 15) is 18.3 Å². The van der Waals surface area contributed by atoms with Crippen molar-refractivity contribution in [1.29, 1.82) is 0 Å². The zero-order valence-electron chi connectivity index (χ0n) is 19.0. The van der Waals surface area contributed by atoms with E-state index in [0.29, 0.717) is 34.6 Å². The van der Waals surface area contributed by atoms with E-state index >= 15 is 0 Å². The van der Waals surface area contributed by atoms with Gasteiger partial charge in [-0.2, -0.15) is 0 Å². The molecular weight excluding hydrogens is 481 g/mol. The van der Waals surface area contributed by atoms with Crippen molar-refractivity contribution >= 4 is 27.3 Å². The summed E-state index contributed by atoms with van der Waals surface area (Å²) in [6, 6.07) is 16.6. The largest absolute Gasteiger partial charge is 1.00 e. The molecule has 0 spiro atoms. The van der Waals surface area contributed by atoms with E-state index in [4.69, 9.17) is 9.47 Å². The van der Waals surface area contributed by atoms with Crippen LogP contribution in [0.15, 0.2) is 71.3 Å². The number of hydrogen-bond acceptors (Lipinski definition) is 6. The molecular formula is C25H20KNO6S. The number of carbonyl (C=O) groups is 1. The molecule has 3 aromatic carbocycles. The van der Waals surface area contributed by atoms with Gasteiger partial charge in [-0.05, 0) is 54.3 Å². The predicted molar refractivity (Wildman–Crippen MR) is 120 cm³/mol. The number of carboxylic acid groups (broad SMARTS) is 1. The number of fused-ring (bicyclic) bond motifs is 2. The number of anilines is 1. The van der Waals surface area contributed by atoms with Gasteiger partial charge >= 0.3 is 51.4 Å². The third-order valence-electron chi connectivity index (χ3n) is 5.86. The van der Waals surface area contributed by atoms with Gasteiger partial charge in [-0.25, -0.2) is 12.7 Å². The first kappa shape index (κ1) is 25.0. The summed E-state index contributed by atoms with van der Waals surface area (Å²) in [5, 5.41) is 12.6. The van der Waals surface area contributed by atoms with Crippen LogP contribution >= 0.6 is 0 Å². The van der Waals surface area contributed by atoms with Crippen molar-refractivity contribution < 1.29 is 79.2 Å². The van der Waals surface area contributed by atoms with Crippen molar-refractivity contribution in [3.8, 4) is 11.5 Å². The van der Waals surface area contributed by atoms with Crippen molar-refractivity contribution in [2.24, 2.45) is 0 Å². The number of nitrogens with zero attached hydrogens (tertiary/aromatic N) is 1. The number of carbonyl (C=O) groups excluding carboxylic acids is 1. The minimum Gasteiger partial charge on any atom is -0.543 e. The smallest absolute Gasteiger partial charge is 0.543 e. The molecule has 0 atom stereocenters. The number of ether oxygens (including phenoxy) is 2. The molecule has 3 aromatic rings. The minimum absolute atomic E-state index is 0. The third kappa shape index (κ3) is 3.90. The Morgan fingerprint density at radius 1 is 1.06 bits per heavy atom. The zero-order valence-corrected chi connectivity index (χ0v) is 22.9. The summed E-state index contributed by atoms with van der Waals surface area (Å²) in [7, 11) is -4.22. The van der Waals surface area contributed by atoms with Crippen LogP contribution in [-0.4, -0.2) is 21.2 Å². The van der Waals surface area contributed by atoms with Gasteiger partial charge in [0.25, 0.3) is 10.0 Å². The van der Waals surface area contributed by atoms with Gasteiger partial charge in [-0.15, -0.1) is 0 Å². The maximum atomic E-state index is 13.7. The summed E-state index contributed by atoms with van der Waals surface area (Å²) in [4.78, 5) is 12.6.